The van der Waals surface area contributed by atoms with Gasteiger partial charge in [0, 0.05) is 109 Å². The van der Waals surface area contributed by atoms with Crippen LogP contribution in [0.4, 0.5) is 0 Å². The molecule has 800 valence electrons. The quantitative estimate of drug-likeness (QED) is 0.0274. The zero-order valence-electron chi connectivity index (χ0n) is 83.8. The maximum Gasteiger partial charge on any atom is 0.335 e. The van der Waals surface area contributed by atoms with Gasteiger partial charge in [-0.05, 0) is 165 Å². The van der Waals surface area contributed by atoms with Crippen LogP contribution in [-0.4, -0.2) is 290 Å². The number of ether oxygens (including phenoxy) is 10. The molecule has 7 amide bonds. The lowest BCUT2D eigenvalue weighted by Gasteiger charge is -2.17. The van der Waals surface area contributed by atoms with E-state index < -0.39 is 54.0 Å². The van der Waals surface area contributed by atoms with Crippen molar-refractivity contribution in [3.05, 3.63) is 59.7 Å². The molecule has 0 aliphatic carbocycles. The number of unbranched alkanes of at least 4 members (excludes halogenated alkanes) is 21. The number of benzene rings is 2. The van der Waals surface area contributed by atoms with Crippen molar-refractivity contribution in [3.8, 4) is 11.5 Å². The number of rotatable bonds is 99. The van der Waals surface area contributed by atoms with Crippen molar-refractivity contribution < 1.29 is 145 Å². The third-order valence-electron chi connectivity index (χ3n) is 23.2. The van der Waals surface area contributed by atoms with Gasteiger partial charge in [-0.25, -0.2) is 19.2 Å². The second kappa shape index (κ2) is 85.7. The maximum absolute atomic E-state index is 13.2. The number of carboxylic acids is 4. The molecule has 0 heterocycles. The highest BCUT2D eigenvalue weighted by molar-refractivity contribution is 5.90. The van der Waals surface area contributed by atoms with Crippen molar-refractivity contribution in [2.24, 2.45) is 23.3 Å². The van der Waals surface area contributed by atoms with Gasteiger partial charge in [-0.1, -0.05) is 122 Å². The third-order valence-corrected chi connectivity index (χ3v) is 23.2. The van der Waals surface area contributed by atoms with Crippen LogP contribution in [0.15, 0.2) is 48.5 Å². The standard InChI is InChI=1S/C102H167N9O30/c1-77(32-22-25-54-108-97(122)87(103)37-19-17-18-34-83(114)73-136-68-67-135-63-57-107-96(121)76-139-71-64-132-58-30-35-82(113)45-50-89(101(128)129)110-93(118)39-20-13-9-5-3-7-11-15-28-60-140-85-46-41-79(42-47-85)99(124)125)91(116)72-81(78(2)112)33-23-26-55-109-98(123)88(104)38-24-27-53-105-95(120)75-138-70-65-133-59-31-36-84(115)74-137-69-66-134-62-56-106-92(117)52-51-90(102(130)131)111-94(119)40-21-14-10-6-4-8-12-16-29-61-141-86-48-43-80(44-49-86)100(126)127/h41-44,46-49,77,81,87-90H,3-40,45,50-76,103-104H2,1-2H3,(H,105,120)(H,106,117)(H,107,121)(H,108,122)(H,109,123)(H,110,118)(H,111,119)(H,124,125)(H,126,127)(H,128,129)(H,130,131)/t77-,81+,87-,88-,89-,90-/m0/s1. The lowest BCUT2D eigenvalue weighted by Crippen LogP contribution is -2.41. The second-order valence-electron chi connectivity index (χ2n) is 35.5. The SMILES string of the molecule is CC(=O)[C@H](CCCCNC(=O)[C@@H](N)CCCCNC(=O)COCCOCCCC(=O)COCCOCCNC(=O)CC[C@H](NC(=O)CCCCCCCCCCCOc1ccc(C(=O)O)cc1)C(=O)O)CC(=O)[C@@H](C)CCCCNC(=O)[C@@H](N)CCCCCC(=O)COCCOCCNC(=O)COCCOCCCC(=O)CC[C@H](NC(=O)CCCCCCCCCCCOc1ccc(C(=O)O)cc1)C(=O)O. The summed E-state index contributed by atoms with van der Waals surface area (Å²) in [6.07, 6.45) is 27.2. The Kier molecular flexibility index (Phi) is 77.3. The van der Waals surface area contributed by atoms with Crippen LogP contribution in [0, 0.1) is 11.8 Å². The number of ketones is 5. The number of Topliss-reactive ketones (excluding diaryl/α,β-unsaturated/α-hetero) is 5. The zero-order valence-corrected chi connectivity index (χ0v) is 83.8. The van der Waals surface area contributed by atoms with Gasteiger partial charge in [0.1, 0.15) is 67.4 Å². The topological polar surface area (TPSA) is 583 Å². The monoisotopic (exact) mass is 2000 g/mol. The number of hydrogen-bond acceptors (Lipinski definition) is 28. The van der Waals surface area contributed by atoms with Crippen molar-refractivity contribution in [1.29, 1.82) is 0 Å². The summed E-state index contributed by atoms with van der Waals surface area (Å²) >= 11 is 0. The smallest absolute Gasteiger partial charge is 0.335 e. The summed E-state index contributed by atoms with van der Waals surface area (Å²) in [5.41, 5.74) is 12.7. The normalized spacial score (nSPS) is 12.5. The van der Waals surface area contributed by atoms with Crippen molar-refractivity contribution >= 4 is 94.1 Å². The summed E-state index contributed by atoms with van der Waals surface area (Å²) < 4.78 is 54.9. The average molecular weight is 2000 g/mol. The molecule has 39 nitrogen and oxygen atoms in total. The van der Waals surface area contributed by atoms with Crippen molar-refractivity contribution in [2.45, 2.75) is 314 Å². The summed E-state index contributed by atoms with van der Waals surface area (Å²) in [5, 5.41) is 56.1. The Morgan fingerprint density at radius 2 is 0.624 bits per heavy atom. The molecule has 39 heteroatoms. The largest absolute Gasteiger partial charge is 0.494 e. The van der Waals surface area contributed by atoms with E-state index in [9.17, 15) is 86.9 Å². The first-order chi connectivity index (χ1) is 68.0. The van der Waals surface area contributed by atoms with Crippen molar-refractivity contribution in [3.63, 3.8) is 0 Å². The molecule has 6 atom stereocenters. The number of hydrogen-bond donors (Lipinski definition) is 13. The van der Waals surface area contributed by atoms with E-state index in [1.807, 2.05) is 6.92 Å². The van der Waals surface area contributed by atoms with Crippen LogP contribution >= 0.6 is 0 Å². The van der Waals surface area contributed by atoms with Crippen molar-refractivity contribution in [1.82, 2.24) is 37.2 Å². The van der Waals surface area contributed by atoms with E-state index in [0.717, 1.165) is 103 Å². The number of carboxylic acid groups (broad SMARTS) is 4. The summed E-state index contributed by atoms with van der Waals surface area (Å²) in [6.45, 7) is 8.03. The zero-order chi connectivity index (χ0) is 103. The Morgan fingerprint density at radius 3 is 1.05 bits per heavy atom. The van der Waals surface area contributed by atoms with Crippen LogP contribution in [0.3, 0.4) is 0 Å². The lowest BCUT2D eigenvalue weighted by molar-refractivity contribution is -0.142. The average Bonchev–Trinajstić information content (AvgIpc) is 0.900. The van der Waals surface area contributed by atoms with Gasteiger partial charge in [-0.2, -0.15) is 0 Å². The van der Waals surface area contributed by atoms with E-state index in [2.05, 4.69) is 37.2 Å². The van der Waals surface area contributed by atoms with E-state index in [1.54, 1.807) is 24.3 Å². The Balaban J connectivity index is 1.33. The number of carbonyl (C=O) groups is 16. The van der Waals surface area contributed by atoms with Gasteiger partial charge >= 0.3 is 23.9 Å². The molecule has 0 saturated carbocycles. The Labute approximate surface area is 832 Å². The second-order valence-corrected chi connectivity index (χ2v) is 35.5. The minimum Gasteiger partial charge on any atom is -0.494 e. The highest BCUT2D eigenvalue weighted by Gasteiger charge is 2.26. The summed E-state index contributed by atoms with van der Waals surface area (Å²) in [7, 11) is 0. The number of nitrogens with two attached hydrogens (primary N) is 2. The molecule has 0 aromatic heterocycles. The molecular weight excluding hydrogens is 1830 g/mol. The Morgan fingerprint density at radius 1 is 0.291 bits per heavy atom. The molecule has 2 aromatic carbocycles. The van der Waals surface area contributed by atoms with Gasteiger partial charge < -0.3 is 116 Å². The molecule has 0 radical (unpaired) electrons. The number of amides is 7. The molecule has 0 spiro atoms. The van der Waals surface area contributed by atoms with E-state index in [1.165, 1.54) is 31.2 Å². The summed E-state index contributed by atoms with van der Waals surface area (Å²) in [4.78, 5) is 195. The first-order valence-electron chi connectivity index (χ1n) is 51.1. The molecule has 141 heavy (non-hydrogen) atoms. The number of carbonyl (C=O) groups excluding carboxylic acids is 12. The highest BCUT2D eigenvalue weighted by Crippen LogP contribution is 2.22. The predicted molar refractivity (Wildman–Crippen MR) is 526 cm³/mol. The van der Waals surface area contributed by atoms with Crippen LogP contribution in [0.25, 0.3) is 0 Å². The first-order valence-corrected chi connectivity index (χ1v) is 51.1. The summed E-state index contributed by atoms with van der Waals surface area (Å²) in [6, 6.07) is 8.93. The molecule has 0 bridgehead atoms. The van der Waals surface area contributed by atoms with Gasteiger partial charge in [0.15, 0.2) is 11.6 Å². The van der Waals surface area contributed by atoms with Crippen LogP contribution in [-0.2, 0) is 105 Å². The minimum absolute atomic E-state index is 0.00252. The Hall–Kier alpha value is -9.84. The van der Waals surface area contributed by atoms with E-state index in [4.69, 9.17) is 69.0 Å². The fraction of sp³-hybridized carbons (Fsp3) is 0.725. The van der Waals surface area contributed by atoms with Crippen LogP contribution in [0.2, 0.25) is 0 Å². The fourth-order valence-electron chi connectivity index (χ4n) is 14.6. The lowest BCUT2D eigenvalue weighted by atomic mass is 9.87. The third kappa shape index (κ3) is 73.8. The summed E-state index contributed by atoms with van der Waals surface area (Å²) in [5.74, 6) is -6.42. The molecule has 0 aliphatic rings. The van der Waals surface area contributed by atoms with Crippen LogP contribution < -0.4 is 58.2 Å². The van der Waals surface area contributed by atoms with Gasteiger partial charge in [0.2, 0.25) is 41.4 Å². The maximum atomic E-state index is 13.2. The molecule has 0 fully saturated rings. The van der Waals surface area contributed by atoms with Gasteiger partial charge in [0.05, 0.1) is 102 Å². The predicted octanol–water partition coefficient (Wildman–Crippen LogP) is 9.94. The molecule has 2 aromatic rings. The number of aliphatic carboxylic acids is 2. The highest BCUT2D eigenvalue weighted by atomic mass is 16.5. The number of nitrogens with one attached hydrogen (secondary N) is 7. The van der Waals surface area contributed by atoms with E-state index in [-0.39, 0.29) is 257 Å². The van der Waals surface area contributed by atoms with Gasteiger partial charge in [-0.3, -0.25) is 57.5 Å². The fourth-order valence-corrected chi connectivity index (χ4v) is 14.6. The minimum atomic E-state index is -1.21. The van der Waals surface area contributed by atoms with Gasteiger partial charge in [-0.15, -0.1) is 0 Å². The molecule has 15 N–H and O–H groups in total. The molecule has 2 rings (SSSR count). The van der Waals surface area contributed by atoms with E-state index in [0.29, 0.717) is 167 Å². The molecule has 0 aliphatic heterocycles. The molecule has 0 unspecified atom stereocenters. The van der Waals surface area contributed by atoms with Crippen LogP contribution in [0.5, 0.6) is 11.5 Å². The Bertz CT molecular complexity index is 3820. The van der Waals surface area contributed by atoms with Crippen LogP contribution in [0.1, 0.15) is 311 Å². The molecule has 0 saturated heterocycles. The first kappa shape index (κ1) is 127. The van der Waals surface area contributed by atoms with Crippen molar-refractivity contribution in [2.75, 3.05) is 152 Å². The number of aromatic carboxylic acids is 2. The van der Waals surface area contributed by atoms with E-state index >= 15 is 0 Å². The van der Waals surface area contributed by atoms with Gasteiger partial charge in [0.25, 0.3) is 0 Å². The molecular formula is C102H167N9O30.